The number of methoxy groups -OCH3 is 1. The van der Waals surface area contributed by atoms with E-state index in [4.69, 9.17) is 21.7 Å². The SMILES string of the molecule is CCOc1ccc(NC(=S)N(Cc2ccc(OC)cc2)C2CC2)cc1. The van der Waals surface area contributed by atoms with Crippen LogP contribution in [0, 0.1) is 0 Å². The predicted molar refractivity (Wildman–Crippen MR) is 105 cm³/mol. The van der Waals surface area contributed by atoms with Crippen molar-refractivity contribution < 1.29 is 9.47 Å². The summed E-state index contributed by atoms with van der Waals surface area (Å²) in [5, 5.41) is 4.12. The van der Waals surface area contributed by atoms with Gasteiger partial charge in [0.05, 0.1) is 13.7 Å². The van der Waals surface area contributed by atoms with Gasteiger partial charge < -0.3 is 19.7 Å². The highest BCUT2D eigenvalue weighted by Gasteiger charge is 2.30. The Hall–Kier alpha value is -2.27. The molecule has 1 aliphatic carbocycles. The molecule has 0 amide bonds. The molecule has 1 aliphatic rings. The van der Waals surface area contributed by atoms with Crippen molar-refractivity contribution in [3.63, 3.8) is 0 Å². The van der Waals surface area contributed by atoms with Crippen LogP contribution >= 0.6 is 12.2 Å². The van der Waals surface area contributed by atoms with Crippen molar-refractivity contribution in [1.29, 1.82) is 0 Å². The standard InChI is InChI=1S/C20H24N2O2S/c1-3-24-19-12-6-16(7-13-19)21-20(25)22(17-8-9-17)14-15-4-10-18(23-2)11-5-15/h4-7,10-13,17H,3,8-9,14H2,1-2H3,(H,21,25). The Bertz CT molecular complexity index is 697. The van der Waals surface area contributed by atoms with Crippen LogP contribution in [0.15, 0.2) is 48.5 Å². The summed E-state index contributed by atoms with van der Waals surface area (Å²) in [5.74, 6) is 1.74. The quantitative estimate of drug-likeness (QED) is 0.741. The molecular formula is C20H24N2O2S. The molecule has 5 heteroatoms. The molecular weight excluding hydrogens is 332 g/mol. The van der Waals surface area contributed by atoms with Crippen LogP contribution in [0.5, 0.6) is 11.5 Å². The monoisotopic (exact) mass is 356 g/mol. The van der Waals surface area contributed by atoms with E-state index in [1.807, 2.05) is 43.3 Å². The number of benzene rings is 2. The summed E-state index contributed by atoms with van der Waals surface area (Å²) in [4.78, 5) is 2.27. The first-order valence-corrected chi connectivity index (χ1v) is 9.04. The largest absolute Gasteiger partial charge is 0.497 e. The number of nitrogens with one attached hydrogen (secondary N) is 1. The van der Waals surface area contributed by atoms with Gasteiger partial charge in [0.2, 0.25) is 0 Å². The summed E-state index contributed by atoms with van der Waals surface area (Å²) in [6, 6.07) is 16.6. The number of anilines is 1. The molecule has 1 saturated carbocycles. The van der Waals surface area contributed by atoms with E-state index in [1.165, 1.54) is 18.4 Å². The van der Waals surface area contributed by atoms with Crippen molar-refractivity contribution in [2.45, 2.75) is 32.4 Å². The van der Waals surface area contributed by atoms with Gasteiger partial charge in [-0.3, -0.25) is 0 Å². The smallest absolute Gasteiger partial charge is 0.173 e. The van der Waals surface area contributed by atoms with Gasteiger partial charge in [-0.15, -0.1) is 0 Å². The van der Waals surface area contributed by atoms with Crippen molar-refractivity contribution in [3.05, 3.63) is 54.1 Å². The van der Waals surface area contributed by atoms with Gasteiger partial charge in [0.15, 0.2) is 5.11 Å². The lowest BCUT2D eigenvalue weighted by molar-refractivity contribution is 0.340. The van der Waals surface area contributed by atoms with Crippen molar-refractivity contribution in [3.8, 4) is 11.5 Å². The molecule has 132 valence electrons. The molecule has 2 aromatic rings. The second-order valence-electron chi connectivity index (χ2n) is 6.09. The summed E-state index contributed by atoms with van der Waals surface area (Å²) >= 11 is 5.66. The Morgan fingerprint density at radius 2 is 1.72 bits per heavy atom. The topological polar surface area (TPSA) is 33.7 Å². The maximum absolute atomic E-state index is 5.66. The summed E-state index contributed by atoms with van der Waals surface area (Å²) in [7, 11) is 1.68. The molecule has 4 nitrogen and oxygen atoms in total. The van der Waals surface area contributed by atoms with Crippen LogP contribution in [0.1, 0.15) is 25.3 Å². The van der Waals surface area contributed by atoms with Crippen LogP contribution < -0.4 is 14.8 Å². The zero-order valence-corrected chi connectivity index (χ0v) is 15.5. The van der Waals surface area contributed by atoms with E-state index < -0.39 is 0 Å². The minimum absolute atomic E-state index is 0.532. The predicted octanol–water partition coefficient (Wildman–Crippen LogP) is 4.46. The lowest BCUT2D eigenvalue weighted by Gasteiger charge is -2.26. The Morgan fingerprint density at radius 1 is 1.08 bits per heavy atom. The third-order valence-electron chi connectivity index (χ3n) is 4.18. The van der Waals surface area contributed by atoms with E-state index in [1.54, 1.807) is 7.11 Å². The van der Waals surface area contributed by atoms with Gasteiger partial charge in [0.25, 0.3) is 0 Å². The van der Waals surface area contributed by atoms with E-state index in [0.717, 1.165) is 28.8 Å². The molecule has 0 heterocycles. The fraction of sp³-hybridized carbons (Fsp3) is 0.350. The van der Waals surface area contributed by atoms with Gasteiger partial charge >= 0.3 is 0 Å². The zero-order valence-electron chi connectivity index (χ0n) is 14.7. The van der Waals surface area contributed by atoms with Crippen LogP contribution in [-0.4, -0.2) is 29.8 Å². The molecule has 25 heavy (non-hydrogen) atoms. The second-order valence-corrected chi connectivity index (χ2v) is 6.48. The van der Waals surface area contributed by atoms with Crippen LogP contribution in [0.25, 0.3) is 0 Å². The highest BCUT2D eigenvalue weighted by atomic mass is 32.1. The molecule has 0 aliphatic heterocycles. The Labute approximate surface area is 154 Å². The van der Waals surface area contributed by atoms with Gasteiger partial charge in [-0.25, -0.2) is 0 Å². The highest BCUT2D eigenvalue weighted by Crippen LogP contribution is 2.29. The lowest BCUT2D eigenvalue weighted by Crippen LogP contribution is -2.36. The minimum Gasteiger partial charge on any atom is -0.497 e. The van der Waals surface area contributed by atoms with E-state index >= 15 is 0 Å². The van der Waals surface area contributed by atoms with Crippen LogP contribution in [0.3, 0.4) is 0 Å². The lowest BCUT2D eigenvalue weighted by atomic mass is 10.2. The maximum Gasteiger partial charge on any atom is 0.173 e. The molecule has 0 spiro atoms. The first-order chi connectivity index (χ1) is 12.2. The molecule has 0 atom stereocenters. The molecule has 2 aromatic carbocycles. The minimum atomic E-state index is 0.532. The fourth-order valence-corrected chi connectivity index (χ4v) is 3.01. The van der Waals surface area contributed by atoms with Gasteiger partial charge in [-0.05, 0) is 73.9 Å². The van der Waals surface area contributed by atoms with Gasteiger partial charge in [-0.2, -0.15) is 0 Å². The zero-order chi connectivity index (χ0) is 17.6. The summed E-state index contributed by atoms with van der Waals surface area (Å²) in [6.45, 7) is 3.45. The van der Waals surface area contributed by atoms with Gasteiger partial charge in [0.1, 0.15) is 11.5 Å². The Morgan fingerprint density at radius 3 is 2.28 bits per heavy atom. The Kier molecular flexibility index (Phi) is 5.76. The van der Waals surface area contributed by atoms with E-state index in [0.29, 0.717) is 12.6 Å². The van der Waals surface area contributed by atoms with Gasteiger partial charge in [0, 0.05) is 18.3 Å². The van der Waals surface area contributed by atoms with Crippen LogP contribution in [0.2, 0.25) is 0 Å². The normalized spacial score (nSPS) is 13.2. The third kappa shape index (κ3) is 4.86. The molecule has 0 unspecified atom stereocenters. The number of rotatable bonds is 7. The molecule has 1 fully saturated rings. The number of hydrogen-bond acceptors (Lipinski definition) is 3. The van der Waals surface area contributed by atoms with E-state index in [2.05, 4.69) is 22.3 Å². The molecule has 0 saturated heterocycles. The molecule has 0 radical (unpaired) electrons. The Balaban J connectivity index is 1.64. The molecule has 0 bridgehead atoms. The van der Waals surface area contributed by atoms with Gasteiger partial charge in [-0.1, -0.05) is 12.1 Å². The van der Waals surface area contributed by atoms with Crippen LogP contribution in [-0.2, 0) is 6.54 Å². The number of hydrogen-bond donors (Lipinski definition) is 1. The average molecular weight is 356 g/mol. The highest BCUT2D eigenvalue weighted by molar-refractivity contribution is 7.80. The maximum atomic E-state index is 5.66. The number of nitrogens with zero attached hydrogens (tertiary/aromatic N) is 1. The summed E-state index contributed by atoms with van der Waals surface area (Å²) in [5.41, 5.74) is 2.21. The summed E-state index contributed by atoms with van der Waals surface area (Å²) < 4.78 is 10.7. The van der Waals surface area contributed by atoms with Crippen molar-refractivity contribution in [2.75, 3.05) is 19.0 Å². The number of ether oxygens (including phenoxy) is 2. The number of thiocarbonyl (C=S) groups is 1. The second kappa shape index (κ2) is 8.21. The average Bonchev–Trinajstić information content (AvgIpc) is 3.47. The summed E-state index contributed by atoms with van der Waals surface area (Å²) in [6.07, 6.45) is 2.39. The third-order valence-corrected chi connectivity index (χ3v) is 4.51. The first kappa shape index (κ1) is 17.5. The van der Waals surface area contributed by atoms with E-state index in [-0.39, 0.29) is 0 Å². The van der Waals surface area contributed by atoms with Crippen molar-refractivity contribution >= 4 is 23.0 Å². The van der Waals surface area contributed by atoms with Crippen molar-refractivity contribution in [2.24, 2.45) is 0 Å². The van der Waals surface area contributed by atoms with E-state index in [9.17, 15) is 0 Å². The fourth-order valence-electron chi connectivity index (χ4n) is 2.68. The molecule has 3 rings (SSSR count). The first-order valence-electron chi connectivity index (χ1n) is 8.63. The molecule has 1 N–H and O–H groups in total. The van der Waals surface area contributed by atoms with Crippen LogP contribution in [0.4, 0.5) is 5.69 Å². The van der Waals surface area contributed by atoms with Crippen molar-refractivity contribution in [1.82, 2.24) is 4.90 Å². The molecule has 0 aromatic heterocycles.